The summed E-state index contributed by atoms with van der Waals surface area (Å²) in [6.45, 7) is 5.17. The molecule has 3 aliphatic rings. The summed E-state index contributed by atoms with van der Waals surface area (Å²) in [6.07, 6.45) is 7.63. The molecule has 0 aromatic rings. The lowest BCUT2D eigenvalue weighted by atomic mass is 9.74. The molecule has 3 rings (SSSR count). The summed E-state index contributed by atoms with van der Waals surface area (Å²) in [6, 6.07) is 0.544. The number of nitrogens with one attached hydrogen (secondary N) is 1. The van der Waals surface area contributed by atoms with Crippen molar-refractivity contribution in [3.8, 4) is 0 Å². The van der Waals surface area contributed by atoms with Crippen molar-refractivity contribution in [3.63, 3.8) is 0 Å². The lowest BCUT2D eigenvalue weighted by Crippen LogP contribution is -2.53. The van der Waals surface area contributed by atoms with Crippen LogP contribution in [0, 0.1) is 5.41 Å². The minimum atomic E-state index is 0.323. The molecule has 1 amide bonds. The lowest BCUT2D eigenvalue weighted by molar-refractivity contribution is -0.132. The molecule has 19 heavy (non-hydrogen) atoms. The van der Waals surface area contributed by atoms with Crippen molar-refractivity contribution in [2.75, 3.05) is 39.8 Å². The van der Waals surface area contributed by atoms with E-state index in [0.717, 1.165) is 19.6 Å². The average molecular weight is 265 g/mol. The van der Waals surface area contributed by atoms with Gasteiger partial charge in [-0.1, -0.05) is 0 Å². The third-order valence-corrected chi connectivity index (χ3v) is 5.15. The molecule has 0 aromatic carbocycles. The minimum Gasteiger partial charge on any atom is -0.342 e. The number of carbonyl (C=O) groups excluding carboxylic acids is 1. The zero-order chi connectivity index (χ0) is 13.3. The number of rotatable bonds is 3. The molecule has 2 aliphatic heterocycles. The maximum absolute atomic E-state index is 12.2. The Kier molecular flexibility index (Phi) is 3.81. The number of carbonyl (C=O) groups is 1. The molecule has 4 heteroatoms. The summed E-state index contributed by atoms with van der Waals surface area (Å²) in [4.78, 5) is 16.6. The van der Waals surface area contributed by atoms with Gasteiger partial charge in [-0.05, 0) is 57.0 Å². The van der Waals surface area contributed by atoms with Gasteiger partial charge in [-0.2, -0.15) is 0 Å². The zero-order valence-electron chi connectivity index (χ0n) is 12.2. The Hall–Kier alpha value is -0.610. The van der Waals surface area contributed by atoms with E-state index in [2.05, 4.69) is 10.2 Å². The Morgan fingerprint density at radius 2 is 2.16 bits per heavy atom. The average Bonchev–Trinajstić information content (AvgIpc) is 3.23. The van der Waals surface area contributed by atoms with Gasteiger partial charge in [-0.3, -0.25) is 9.69 Å². The minimum absolute atomic E-state index is 0.323. The Morgan fingerprint density at radius 1 is 1.37 bits per heavy atom. The van der Waals surface area contributed by atoms with Crippen LogP contribution in [0.4, 0.5) is 0 Å². The summed E-state index contributed by atoms with van der Waals surface area (Å²) in [7, 11) is 1.97. The van der Waals surface area contributed by atoms with Gasteiger partial charge < -0.3 is 10.2 Å². The fourth-order valence-electron chi connectivity index (χ4n) is 3.79. The second-order valence-corrected chi connectivity index (χ2v) is 6.83. The molecule has 1 saturated carbocycles. The van der Waals surface area contributed by atoms with Crippen molar-refractivity contribution in [1.82, 2.24) is 15.1 Å². The monoisotopic (exact) mass is 265 g/mol. The summed E-state index contributed by atoms with van der Waals surface area (Å²) < 4.78 is 0. The predicted octanol–water partition coefficient (Wildman–Crippen LogP) is 1.07. The van der Waals surface area contributed by atoms with E-state index in [0.29, 0.717) is 23.9 Å². The summed E-state index contributed by atoms with van der Waals surface area (Å²) in [5, 5.41) is 3.55. The predicted molar refractivity (Wildman–Crippen MR) is 76.0 cm³/mol. The molecule has 108 valence electrons. The molecule has 0 radical (unpaired) electrons. The number of nitrogens with zero attached hydrogens (tertiary/aromatic N) is 2. The summed E-state index contributed by atoms with van der Waals surface area (Å²) >= 11 is 0. The van der Waals surface area contributed by atoms with Crippen LogP contribution in [0.25, 0.3) is 0 Å². The molecule has 0 bridgehead atoms. The molecule has 1 atom stereocenters. The third kappa shape index (κ3) is 3.11. The highest BCUT2D eigenvalue weighted by atomic mass is 16.2. The molecule has 3 fully saturated rings. The van der Waals surface area contributed by atoms with Crippen LogP contribution in [-0.2, 0) is 4.79 Å². The summed E-state index contributed by atoms with van der Waals surface area (Å²) in [5.41, 5.74) is 0.453. The van der Waals surface area contributed by atoms with Crippen LogP contribution in [0.3, 0.4) is 0 Å². The lowest BCUT2D eigenvalue weighted by Gasteiger charge is -2.45. The highest BCUT2D eigenvalue weighted by Gasteiger charge is 2.38. The van der Waals surface area contributed by atoms with Gasteiger partial charge in [-0.25, -0.2) is 0 Å². The molecule has 1 aliphatic carbocycles. The molecule has 2 saturated heterocycles. The molecule has 0 aromatic heterocycles. The largest absolute Gasteiger partial charge is 0.342 e. The van der Waals surface area contributed by atoms with Crippen LogP contribution in [0.15, 0.2) is 0 Å². The van der Waals surface area contributed by atoms with Gasteiger partial charge in [0.25, 0.3) is 0 Å². The van der Waals surface area contributed by atoms with E-state index >= 15 is 0 Å². The molecule has 1 N–H and O–H groups in total. The Labute approximate surface area is 116 Å². The Balaban J connectivity index is 1.54. The molecule has 2 heterocycles. The van der Waals surface area contributed by atoms with Crippen molar-refractivity contribution < 1.29 is 4.79 Å². The van der Waals surface area contributed by atoms with Gasteiger partial charge in [0.15, 0.2) is 0 Å². The fourth-order valence-corrected chi connectivity index (χ4v) is 3.79. The van der Waals surface area contributed by atoms with Gasteiger partial charge in [0.2, 0.25) is 5.91 Å². The highest BCUT2D eigenvalue weighted by Crippen LogP contribution is 2.36. The van der Waals surface area contributed by atoms with Gasteiger partial charge in [0, 0.05) is 26.2 Å². The molecular weight excluding hydrogens is 238 g/mol. The standard InChI is InChI=1S/C15H27N3O/c1-17(13-4-5-13)14(19)10-18-9-3-7-15(12-18)6-2-8-16-11-15/h13,16H,2-12H2,1H3. The Bertz CT molecular complexity index is 329. The smallest absolute Gasteiger partial charge is 0.236 e. The van der Waals surface area contributed by atoms with E-state index in [-0.39, 0.29) is 0 Å². The second-order valence-electron chi connectivity index (χ2n) is 6.83. The Morgan fingerprint density at radius 3 is 2.84 bits per heavy atom. The van der Waals surface area contributed by atoms with Gasteiger partial charge >= 0.3 is 0 Å². The van der Waals surface area contributed by atoms with Crippen molar-refractivity contribution in [2.24, 2.45) is 5.41 Å². The van der Waals surface area contributed by atoms with E-state index in [1.807, 2.05) is 11.9 Å². The first-order valence-corrected chi connectivity index (χ1v) is 7.87. The van der Waals surface area contributed by atoms with E-state index in [4.69, 9.17) is 0 Å². The van der Waals surface area contributed by atoms with Crippen LogP contribution >= 0.6 is 0 Å². The first kappa shape index (κ1) is 13.4. The number of hydrogen-bond acceptors (Lipinski definition) is 3. The van der Waals surface area contributed by atoms with Crippen LogP contribution < -0.4 is 5.32 Å². The van der Waals surface area contributed by atoms with Crippen molar-refractivity contribution >= 4 is 5.91 Å². The second kappa shape index (κ2) is 5.41. The topological polar surface area (TPSA) is 35.6 Å². The molecule has 1 spiro atoms. The van der Waals surface area contributed by atoms with E-state index < -0.39 is 0 Å². The van der Waals surface area contributed by atoms with E-state index in [1.54, 1.807) is 0 Å². The number of amides is 1. The third-order valence-electron chi connectivity index (χ3n) is 5.15. The van der Waals surface area contributed by atoms with Crippen molar-refractivity contribution in [1.29, 1.82) is 0 Å². The number of likely N-dealkylation sites (N-methyl/N-ethyl adjacent to an activating group) is 1. The van der Waals surface area contributed by atoms with E-state index in [9.17, 15) is 4.79 Å². The van der Waals surface area contributed by atoms with Crippen LogP contribution in [0.2, 0.25) is 0 Å². The zero-order valence-corrected chi connectivity index (χ0v) is 12.2. The normalized spacial score (nSPS) is 32.5. The van der Waals surface area contributed by atoms with Crippen molar-refractivity contribution in [3.05, 3.63) is 0 Å². The first-order valence-electron chi connectivity index (χ1n) is 7.87. The molecule has 1 unspecified atom stereocenters. The van der Waals surface area contributed by atoms with Crippen LogP contribution in [0.1, 0.15) is 38.5 Å². The van der Waals surface area contributed by atoms with Gasteiger partial charge in [0.1, 0.15) is 0 Å². The SMILES string of the molecule is CN(C(=O)CN1CCCC2(CCCNC2)C1)C1CC1. The maximum atomic E-state index is 12.2. The van der Waals surface area contributed by atoms with Gasteiger partial charge in [-0.15, -0.1) is 0 Å². The number of hydrogen-bond donors (Lipinski definition) is 1. The molecular formula is C15H27N3O. The van der Waals surface area contributed by atoms with Crippen molar-refractivity contribution in [2.45, 2.75) is 44.6 Å². The van der Waals surface area contributed by atoms with Gasteiger partial charge in [0.05, 0.1) is 6.54 Å². The van der Waals surface area contributed by atoms with Crippen LogP contribution in [-0.4, -0.2) is 61.5 Å². The summed E-state index contributed by atoms with van der Waals surface area (Å²) in [5.74, 6) is 0.323. The highest BCUT2D eigenvalue weighted by molar-refractivity contribution is 5.78. The number of likely N-dealkylation sites (tertiary alicyclic amines) is 1. The quantitative estimate of drug-likeness (QED) is 0.829. The number of piperidine rings is 2. The maximum Gasteiger partial charge on any atom is 0.236 e. The molecule has 4 nitrogen and oxygen atoms in total. The fraction of sp³-hybridized carbons (Fsp3) is 0.933. The van der Waals surface area contributed by atoms with E-state index in [1.165, 1.54) is 45.1 Å². The first-order chi connectivity index (χ1) is 9.19. The van der Waals surface area contributed by atoms with Crippen LogP contribution in [0.5, 0.6) is 0 Å².